The zero-order valence-electron chi connectivity index (χ0n) is 10.8. The molecule has 0 aliphatic heterocycles. The van der Waals surface area contributed by atoms with Gasteiger partial charge in [-0.25, -0.2) is 18.2 Å². The molecule has 0 unspecified atom stereocenters. The predicted octanol–water partition coefficient (Wildman–Crippen LogP) is 4.24. The molecule has 0 saturated heterocycles. The molecule has 0 spiro atoms. The number of hydrogen-bond donors (Lipinski definition) is 0. The molecular formula is C15H10ClF3N2. The van der Waals surface area contributed by atoms with Crippen molar-refractivity contribution in [3.63, 3.8) is 0 Å². The first-order valence-corrected chi connectivity index (χ1v) is 6.77. The fourth-order valence-electron chi connectivity index (χ4n) is 2.27. The normalized spacial score (nSPS) is 11.2. The van der Waals surface area contributed by atoms with Gasteiger partial charge in [0.25, 0.3) is 0 Å². The van der Waals surface area contributed by atoms with Crippen LogP contribution in [0.4, 0.5) is 13.2 Å². The highest BCUT2D eigenvalue weighted by Gasteiger charge is 2.15. The van der Waals surface area contributed by atoms with Crippen LogP contribution in [-0.4, -0.2) is 9.55 Å². The molecule has 21 heavy (non-hydrogen) atoms. The van der Waals surface area contributed by atoms with Crippen LogP contribution in [0.1, 0.15) is 11.4 Å². The van der Waals surface area contributed by atoms with E-state index in [1.54, 1.807) is 10.6 Å². The lowest BCUT2D eigenvalue weighted by atomic mass is 10.2. The predicted molar refractivity (Wildman–Crippen MR) is 74.7 cm³/mol. The Balaban J connectivity index is 2.15. The van der Waals surface area contributed by atoms with Gasteiger partial charge < -0.3 is 4.57 Å². The highest BCUT2D eigenvalue weighted by atomic mass is 35.5. The summed E-state index contributed by atoms with van der Waals surface area (Å²) in [6, 6.07) is 7.71. The Morgan fingerprint density at radius 2 is 1.86 bits per heavy atom. The van der Waals surface area contributed by atoms with Crippen molar-refractivity contribution < 1.29 is 13.2 Å². The van der Waals surface area contributed by atoms with Crippen molar-refractivity contribution in [2.24, 2.45) is 0 Å². The number of halogens is 4. The van der Waals surface area contributed by atoms with E-state index >= 15 is 0 Å². The molecule has 0 aliphatic carbocycles. The van der Waals surface area contributed by atoms with Crippen molar-refractivity contribution in [3.05, 3.63) is 65.2 Å². The Hall–Kier alpha value is -2.01. The van der Waals surface area contributed by atoms with E-state index in [1.807, 2.05) is 0 Å². The van der Waals surface area contributed by atoms with Gasteiger partial charge in [0.1, 0.15) is 23.0 Å². The highest BCUT2D eigenvalue weighted by molar-refractivity contribution is 6.16. The quantitative estimate of drug-likeness (QED) is 0.662. The summed E-state index contributed by atoms with van der Waals surface area (Å²) in [4.78, 5) is 4.12. The number of fused-ring (bicyclic) bond motifs is 1. The molecule has 0 bridgehead atoms. The summed E-state index contributed by atoms with van der Waals surface area (Å²) in [6.07, 6.45) is 0. The van der Waals surface area contributed by atoms with Crippen molar-refractivity contribution >= 4 is 22.6 Å². The lowest BCUT2D eigenvalue weighted by molar-refractivity contribution is 0.577. The molecule has 2 aromatic carbocycles. The van der Waals surface area contributed by atoms with Crippen molar-refractivity contribution in [3.8, 4) is 0 Å². The Morgan fingerprint density at radius 1 is 1.05 bits per heavy atom. The second-order valence-electron chi connectivity index (χ2n) is 4.59. The molecule has 2 nitrogen and oxygen atoms in total. The molecule has 0 saturated carbocycles. The number of aromatic nitrogens is 2. The van der Waals surface area contributed by atoms with E-state index in [2.05, 4.69) is 4.98 Å². The lowest BCUT2D eigenvalue weighted by Gasteiger charge is -2.09. The van der Waals surface area contributed by atoms with Gasteiger partial charge in [0.15, 0.2) is 5.82 Å². The van der Waals surface area contributed by atoms with Crippen molar-refractivity contribution in [1.82, 2.24) is 9.55 Å². The van der Waals surface area contributed by atoms with Gasteiger partial charge >= 0.3 is 0 Å². The number of nitrogens with zero attached hydrogens (tertiary/aromatic N) is 2. The SMILES string of the molecule is Fc1ccc(F)c(Cn2c(CCl)nc3c(F)cccc32)c1. The van der Waals surface area contributed by atoms with Crippen molar-refractivity contribution in [1.29, 1.82) is 0 Å². The third kappa shape index (κ3) is 2.49. The van der Waals surface area contributed by atoms with Crippen molar-refractivity contribution in [2.75, 3.05) is 0 Å². The molecule has 0 N–H and O–H groups in total. The maximum atomic E-state index is 13.8. The van der Waals surface area contributed by atoms with Gasteiger partial charge in [-0.05, 0) is 30.3 Å². The Kier molecular flexibility index (Phi) is 3.59. The van der Waals surface area contributed by atoms with Crippen LogP contribution in [-0.2, 0) is 12.4 Å². The molecular weight excluding hydrogens is 301 g/mol. The van der Waals surface area contributed by atoms with Crippen LogP contribution in [0.2, 0.25) is 0 Å². The topological polar surface area (TPSA) is 17.8 Å². The van der Waals surface area contributed by atoms with Gasteiger partial charge in [-0.15, -0.1) is 11.6 Å². The minimum atomic E-state index is -0.533. The number of hydrogen-bond acceptors (Lipinski definition) is 1. The van der Waals surface area contributed by atoms with Gasteiger partial charge in [0.2, 0.25) is 0 Å². The second-order valence-corrected chi connectivity index (χ2v) is 4.86. The van der Waals surface area contributed by atoms with Crippen LogP contribution in [0.25, 0.3) is 11.0 Å². The second kappa shape index (κ2) is 5.41. The molecule has 3 aromatic rings. The average molecular weight is 311 g/mol. The molecule has 0 fully saturated rings. The lowest BCUT2D eigenvalue weighted by Crippen LogP contribution is -2.06. The maximum Gasteiger partial charge on any atom is 0.151 e. The van der Waals surface area contributed by atoms with Crippen LogP contribution >= 0.6 is 11.6 Å². The summed E-state index contributed by atoms with van der Waals surface area (Å²) >= 11 is 5.82. The van der Waals surface area contributed by atoms with Gasteiger partial charge in [-0.3, -0.25) is 0 Å². The Bertz CT molecular complexity index is 814. The van der Waals surface area contributed by atoms with E-state index in [-0.39, 0.29) is 23.5 Å². The molecule has 0 aliphatic rings. The van der Waals surface area contributed by atoms with E-state index in [0.29, 0.717) is 11.3 Å². The minimum absolute atomic E-state index is 0.0333. The number of benzene rings is 2. The van der Waals surface area contributed by atoms with Crippen molar-refractivity contribution in [2.45, 2.75) is 12.4 Å². The zero-order valence-corrected chi connectivity index (χ0v) is 11.5. The number of rotatable bonds is 3. The summed E-state index contributed by atoms with van der Waals surface area (Å²) in [5.41, 5.74) is 0.823. The summed E-state index contributed by atoms with van der Waals surface area (Å²) in [7, 11) is 0. The minimum Gasteiger partial charge on any atom is -0.322 e. The van der Waals surface area contributed by atoms with Crippen LogP contribution in [0.15, 0.2) is 36.4 Å². The summed E-state index contributed by atoms with van der Waals surface area (Å²) < 4.78 is 42.4. The molecule has 0 atom stereocenters. The first kappa shape index (κ1) is 13.9. The van der Waals surface area contributed by atoms with Gasteiger partial charge in [-0.2, -0.15) is 0 Å². The Labute approximate surface area is 123 Å². The standard InChI is InChI=1S/C15H10ClF3N2/c16-7-14-20-15-12(19)2-1-3-13(15)21(14)8-9-6-10(17)4-5-11(9)18/h1-6H,7-8H2. The van der Waals surface area contributed by atoms with Gasteiger partial charge in [0, 0.05) is 5.56 Å². The molecule has 3 rings (SSSR count). The van der Waals surface area contributed by atoms with Crippen LogP contribution in [0.3, 0.4) is 0 Å². The third-order valence-corrected chi connectivity index (χ3v) is 3.50. The van der Waals surface area contributed by atoms with Crippen LogP contribution < -0.4 is 0 Å². The monoisotopic (exact) mass is 310 g/mol. The maximum absolute atomic E-state index is 13.8. The van der Waals surface area contributed by atoms with Crippen LogP contribution in [0, 0.1) is 17.5 Å². The van der Waals surface area contributed by atoms with E-state index in [9.17, 15) is 13.2 Å². The summed E-state index contributed by atoms with van der Waals surface area (Å²) in [6.45, 7) is 0.0333. The van der Waals surface area contributed by atoms with E-state index in [1.165, 1.54) is 12.1 Å². The van der Waals surface area contributed by atoms with Gasteiger partial charge in [0.05, 0.1) is 17.9 Å². The number of imidazole rings is 1. The average Bonchev–Trinajstić information content (AvgIpc) is 2.82. The smallest absolute Gasteiger partial charge is 0.151 e. The largest absolute Gasteiger partial charge is 0.322 e. The number of alkyl halides is 1. The molecule has 1 heterocycles. The fraction of sp³-hybridized carbons (Fsp3) is 0.133. The molecule has 1 aromatic heterocycles. The molecule has 108 valence electrons. The van der Waals surface area contributed by atoms with E-state index in [4.69, 9.17) is 11.6 Å². The first-order chi connectivity index (χ1) is 10.1. The molecule has 0 amide bonds. The van der Waals surface area contributed by atoms with Crippen LogP contribution in [0.5, 0.6) is 0 Å². The van der Waals surface area contributed by atoms with Gasteiger partial charge in [-0.1, -0.05) is 6.07 Å². The number of para-hydroxylation sites is 1. The highest BCUT2D eigenvalue weighted by Crippen LogP contribution is 2.22. The molecule has 6 heteroatoms. The van der Waals surface area contributed by atoms with E-state index in [0.717, 1.165) is 18.2 Å². The zero-order chi connectivity index (χ0) is 15.0. The Morgan fingerprint density at radius 3 is 2.62 bits per heavy atom. The third-order valence-electron chi connectivity index (χ3n) is 3.26. The molecule has 0 radical (unpaired) electrons. The fourth-order valence-corrected chi connectivity index (χ4v) is 2.48. The summed E-state index contributed by atoms with van der Waals surface area (Å²) in [5, 5.41) is 0. The first-order valence-electron chi connectivity index (χ1n) is 6.23. The summed E-state index contributed by atoms with van der Waals surface area (Å²) in [5.74, 6) is -1.09. The van der Waals surface area contributed by atoms with E-state index < -0.39 is 17.5 Å².